The summed E-state index contributed by atoms with van der Waals surface area (Å²) >= 11 is 0. The second-order valence-electron chi connectivity index (χ2n) is 13.5. The van der Waals surface area contributed by atoms with Gasteiger partial charge < -0.3 is 29.8 Å². The zero-order valence-electron chi connectivity index (χ0n) is 27.2. The molecule has 0 bridgehead atoms. The zero-order valence-corrected chi connectivity index (χ0v) is 28.2. The van der Waals surface area contributed by atoms with Crippen LogP contribution in [0.2, 0.25) is 18.6 Å². The lowest BCUT2D eigenvalue weighted by atomic mass is 9.82. The molecule has 3 N–H and O–H groups in total. The standard InChI is InChI=1S/C35H40N4O8Si/c1-22-32(48(2,3)46)30(19-31(41)37-17-7-10-27(37)21-40)47-35(22)28-18-26(39(44)45)15-16-29(28)38(34(35)43)20-23-11-13-25(14-12-23)36-33(42)24-8-5-4-6-9-24/h4-6,8-9,11-16,18,22,27,30,32,40,46H,7,10,17,19-21H2,1-3H3,(H,36,42)/t22-,27-,30+,32-,35+/m0/s1. The average Bonchev–Trinajstić information content (AvgIpc) is 3.72. The van der Waals surface area contributed by atoms with Crippen molar-refractivity contribution >= 4 is 43.1 Å². The van der Waals surface area contributed by atoms with Gasteiger partial charge in [0, 0.05) is 47.0 Å². The van der Waals surface area contributed by atoms with Crippen molar-refractivity contribution in [2.75, 3.05) is 23.4 Å². The molecule has 3 heterocycles. The molecular weight excluding hydrogens is 632 g/mol. The molecule has 3 aliphatic rings. The van der Waals surface area contributed by atoms with Crippen molar-refractivity contribution in [3.8, 4) is 0 Å². The highest BCUT2D eigenvalue weighted by atomic mass is 28.4. The van der Waals surface area contributed by atoms with Gasteiger partial charge in [-0.15, -0.1) is 0 Å². The minimum atomic E-state index is -3.09. The number of nitro groups is 1. The van der Waals surface area contributed by atoms with Crippen LogP contribution in [0.25, 0.3) is 0 Å². The Bertz CT molecular complexity index is 1730. The summed E-state index contributed by atoms with van der Waals surface area (Å²) in [6.07, 6.45) is 0.570. The highest BCUT2D eigenvalue weighted by Crippen LogP contribution is 2.60. The normalized spacial score (nSPS) is 25.1. The minimum absolute atomic E-state index is 0.0854. The van der Waals surface area contributed by atoms with Gasteiger partial charge in [-0.3, -0.25) is 24.5 Å². The number of hydrogen-bond acceptors (Lipinski definition) is 8. The van der Waals surface area contributed by atoms with Crippen LogP contribution in [0, 0.1) is 16.0 Å². The number of non-ortho nitro benzene ring substituents is 1. The first-order chi connectivity index (χ1) is 22.8. The van der Waals surface area contributed by atoms with Crippen LogP contribution in [0.3, 0.4) is 0 Å². The fraction of sp³-hybridized carbons (Fsp3) is 0.400. The molecule has 13 heteroatoms. The van der Waals surface area contributed by atoms with E-state index in [9.17, 15) is 34.4 Å². The Kier molecular flexibility index (Phi) is 8.98. The smallest absolute Gasteiger partial charge is 0.269 e. The average molecular weight is 673 g/mol. The Labute approximate surface area is 279 Å². The van der Waals surface area contributed by atoms with E-state index in [1.807, 2.05) is 13.0 Å². The third kappa shape index (κ3) is 5.91. The molecule has 6 rings (SSSR count). The number of fused-ring (bicyclic) bond motifs is 2. The molecule has 252 valence electrons. The Morgan fingerprint density at radius 1 is 1.10 bits per heavy atom. The van der Waals surface area contributed by atoms with Crippen molar-refractivity contribution in [1.29, 1.82) is 0 Å². The molecule has 3 aliphatic heterocycles. The Morgan fingerprint density at radius 3 is 2.46 bits per heavy atom. The maximum atomic E-state index is 14.7. The summed E-state index contributed by atoms with van der Waals surface area (Å²) in [4.78, 5) is 67.0. The van der Waals surface area contributed by atoms with E-state index in [4.69, 9.17) is 4.74 Å². The number of benzene rings is 3. The fourth-order valence-electron chi connectivity index (χ4n) is 7.85. The molecule has 3 aromatic rings. The van der Waals surface area contributed by atoms with Gasteiger partial charge in [0.25, 0.3) is 17.5 Å². The van der Waals surface area contributed by atoms with Crippen LogP contribution in [0.1, 0.15) is 47.7 Å². The number of anilines is 2. The van der Waals surface area contributed by atoms with E-state index in [1.165, 1.54) is 12.1 Å². The van der Waals surface area contributed by atoms with Gasteiger partial charge in [-0.2, -0.15) is 0 Å². The first kappa shape index (κ1) is 33.5. The summed E-state index contributed by atoms with van der Waals surface area (Å²) in [6.45, 7) is 5.81. The minimum Gasteiger partial charge on any atom is -0.432 e. The van der Waals surface area contributed by atoms with E-state index in [0.29, 0.717) is 35.5 Å². The third-order valence-electron chi connectivity index (χ3n) is 10.1. The molecule has 0 radical (unpaired) electrons. The van der Waals surface area contributed by atoms with Gasteiger partial charge in [0.2, 0.25) is 5.91 Å². The lowest BCUT2D eigenvalue weighted by Crippen LogP contribution is -2.46. The molecule has 12 nitrogen and oxygen atoms in total. The number of amides is 3. The van der Waals surface area contributed by atoms with E-state index in [1.54, 1.807) is 77.5 Å². The van der Waals surface area contributed by atoms with Gasteiger partial charge >= 0.3 is 0 Å². The number of nitrogens with zero attached hydrogens (tertiary/aromatic N) is 3. The molecule has 2 fully saturated rings. The van der Waals surface area contributed by atoms with Crippen molar-refractivity contribution in [2.24, 2.45) is 5.92 Å². The number of likely N-dealkylation sites (tertiary alicyclic amines) is 1. The molecule has 3 aromatic carbocycles. The van der Waals surface area contributed by atoms with Crippen LogP contribution in [0.15, 0.2) is 72.8 Å². The zero-order chi connectivity index (χ0) is 34.4. The molecule has 48 heavy (non-hydrogen) atoms. The quantitative estimate of drug-likeness (QED) is 0.169. The number of rotatable bonds is 9. The molecule has 0 unspecified atom stereocenters. The third-order valence-corrected chi connectivity index (χ3v) is 12.6. The molecular formula is C35H40N4O8Si. The Hall–Kier alpha value is -4.43. The predicted octanol–water partition coefficient (Wildman–Crippen LogP) is 4.57. The molecule has 0 aliphatic carbocycles. The lowest BCUT2D eigenvalue weighted by molar-refractivity contribution is -0.385. The van der Waals surface area contributed by atoms with Crippen LogP contribution in [-0.2, 0) is 26.5 Å². The van der Waals surface area contributed by atoms with Gasteiger partial charge in [-0.25, -0.2) is 0 Å². The number of nitrogens with one attached hydrogen (secondary N) is 1. The summed E-state index contributed by atoms with van der Waals surface area (Å²) in [5, 5.41) is 24.6. The maximum Gasteiger partial charge on any atom is 0.269 e. The van der Waals surface area contributed by atoms with Crippen molar-refractivity contribution in [2.45, 2.75) is 69.1 Å². The SMILES string of the molecule is C[C@H]1[C@H]([Si](C)(C)O)[C@@H](CC(=O)N2CCC[C@H]2CO)O[C@]12C(=O)N(Cc1ccc(NC(=O)c3ccccc3)cc1)c1ccc([N+](=O)[O-])cc12. The molecule has 3 amide bonds. The number of aliphatic hydroxyl groups excluding tert-OH is 1. The summed E-state index contributed by atoms with van der Waals surface area (Å²) < 4.78 is 6.71. The topological polar surface area (TPSA) is 163 Å². The molecule has 5 atom stereocenters. The van der Waals surface area contributed by atoms with Crippen LogP contribution < -0.4 is 10.2 Å². The van der Waals surface area contributed by atoms with E-state index in [0.717, 1.165) is 12.0 Å². The van der Waals surface area contributed by atoms with Crippen LogP contribution in [0.4, 0.5) is 17.1 Å². The largest absolute Gasteiger partial charge is 0.432 e. The van der Waals surface area contributed by atoms with Gasteiger partial charge in [-0.05, 0) is 61.8 Å². The van der Waals surface area contributed by atoms with Crippen LogP contribution >= 0.6 is 0 Å². The fourth-order valence-corrected chi connectivity index (χ4v) is 10.4. The first-order valence-corrected chi connectivity index (χ1v) is 19.2. The number of hydrogen-bond donors (Lipinski definition) is 3. The van der Waals surface area contributed by atoms with Gasteiger partial charge in [0.15, 0.2) is 13.9 Å². The van der Waals surface area contributed by atoms with E-state index in [2.05, 4.69) is 5.32 Å². The highest BCUT2D eigenvalue weighted by molar-refractivity contribution is 6.71. The first-order valence-electron chi connectivity index (χ1n) is 16.2. The van der Waals surface area contributed by atoms with E-state index < -0.39 is 42.3 Å². The molecule has 1 spiro atoms. The number of nitro benzene ring substituents is 1. The molecule has 0 saturated carbocycles. The Balaban J connectivity index is 1.32. The summed E-state index contributed by atoms with van der Waals surface area (Å²) in [7, 11) is -3.09. The predicted molar refractivity (Wildman–Crippen MR) is 181 cm³/mol. The van der Waals surface area contributed by atoms with Crippen molar-refractivity contribution in [3.63, 3.8) is 0 Å². The number of carbonyl (C=O) groups is 3. The Morgan fingerprint density at radius 2 is 1.81 bits per heavy atom. The monoisotopic (exact) mass is 672 g/mol. The van der Waals surface area contributed by atoms with Crippen LogP contribution in [0.5, 0.6) is 0 Å². The lowest BCUT2D eigenvalue weighted by Gasteiger charge is -2.32. The van der Waals surface area contributed by atoms with Gasteiger partial charge in [-0.1, -0.05) is 37.3 Å². The van der Waals surface area contributed by atoms with E-state index >= 15 is 0 Å². The molecule has 2 saturated heterocycles. The van der Waals surface area contributed by atoms with Crippen molar-refractivity contribution in [3.05, 3.63) is 99.6 Å². The van der Waals surface area contributed by atoms with Gasteiger partial charge in [0.05, 0.1) is 42.3 Å². The summed E-state index contributed by atoms with van der Waals surface area (Å²) in [5.41, 5.74) is 0.249. The molecule has 0 aromatic heterocycles. The summed E-state index contributed by atoms with van der Waals surface area (Å²) in [5.74, 6) is -1.50. The summed E-state index contributed by atoms with van der Waals surface area (Å²) in [6, 6.07) is 19.9. The van der Waals surface area contributed by atoms with Crippen LogP contribution in [-0.4, -0.2) is 71.1 Å². The van der Waals surface area contributed by atoms with Crippen molar-refractivity contribution < 1.29 is 33.9 Å². The number of ether oxygens (including phenoxy) is 1. The van der Waals surface area contributed by atoms with Crippen molar-refractivity contribution in [1.82, 2.24) is 4.90 Å². The van der Waals surface area contributed by atoms with Gasteiger partial charge in [0.1, 0.15) is 0 Å². The maximum absolute atomic E-state index is 14.7. The number of carbonyl (C=O) groups excluding carboxylic acids is 3. The second kappa shape index (κ2) is 12.9. The highest BCUT2D eigenvalue weighted by Gasteiger charge is 2.66. The number of aliphatic hydroxyl groups is 1. The second-order valence-corrected chi connectivity index (χ2v) is 17.5. The van der Waals surface area contributed by atoms with E-state index in [-0.39, 0.29) is 43.1 Å².